The van der Waals surface area contributed by atoms with Crippen molar-refractivity contribution in [1.29, 1.82) is 0 Å². The summed E-state index contributed by atoms with van der Waals surface area (Å²) in [6, 6.07) is 1.55. The predicted octanol–water partition coefficient (Wildman–Crippen LogP) is 1.56. The highest BCUT2D eigenvalue weighted by molar-refractivity contribution is 6.33. The summed E-state index contributed by atoms with van der Waals surface area (Å²) < 4.78 is 6.48. The smallest absolute Gasteiger partial charge is 0.339 e. The van der Waals surface area contributed by atoms with Gasteiger partial charge in [-0.3, -0.25) is 4.40 Å². The number of carbonyl (C=O) groups is 1. The number of esters is 1. The first-order valence-corrected chi connectivity index (χ1v) is 4.76. The van der Waals surface area contributed by atoms with Gasteiger partial charge in [-0.25, -0.2) is 4.79 Å². The van der Waals surface area contributed by atoms with E-state index in [9.17, 15) is 4.79 Å². The molecule has 78 valence electrons. The van der Waals surface area contributed by atoms with Crippen LogP contribution in [0.1, 0.15) is 17.3 Å². The Morgan fingerprint density at radius 1 is 1.67 bits per heavy atom. The minimum Gasteiger partial charge on any atom is -0.462 e. The Kier molecular flexibility index (Phi) is 2.55. The summed E-state index contributed by atoms with van der Waals surface area (Å²) in [5.41, 5.74) is 0.862. The van der Waals surface area contributed by atoms with Crippen molar-refractivity contribution in [1.82, 2.24) is 14.6 Å². The van der Waals surface area contributed by atoms with Crippen molar-refractivity contribution in [3.05, 3.63) is 29.2 Å². The van der Waals surface area contributed by atoms with E-state index in [-0.39, 0.29) is 0 Å². The molecule has 0 spiro atoms. The molecule has 2 aromatic rings. The van der Waals surface area contributed by atoms with Crippen LogP contribution in [0.3, 0.4) is 0 Å². The highest BCUT2D eigenvalue weighted by Gasteiger charge is 2.13. The van der Waals surface area contributed by atoms with Crippen LogP contribution in [0.15, 0.2) is 18.6 Å². The highest BCUT2D eigenvalue weighted by atomic mass is 35.5. The molecule has 0 aromatic carbocycles. The zero-order valence-electron chi connectivity index (χ0n) is 7.98. The average molecular weight is 226 g/mol. The topological polar surface area (TPSA) is 56.5 Å². The van der Waals surface area contributed by atoms with Gasteiger partial charge in [0.05, 0.1) is 17.2 Å². The molecule has 0 unspecified atom stereocenters. The van der Waals surface area contributed by atoms with Crippen LogP contribution in [0.5, 0.6) is 0 Å². The number of pyridine rings is 1. The van der Waals surface area contributed by atoms with Crippen molar-refractivity contribution < 1.29 is 9.53 Å². The fourth-order valence-electron chi connectivity index (χ4n) is 1.21. The molecule has 0 fully saturated rings. The largest absolute Gasteiger partial charge is 0.462 e. The normalized spacial score (nSPS) is 10.5. The molecule has 2 heterocycles. The molecule has 5 nitrogen and oxygen atoms in total. The number of hydrogen-bond donors (Lipinski definition) is 0. The quantitative estimate of drug-likeness (QED) is 0.728. The van der Waals surface area contributed by atoms with E-state index >= 15 is 0 Å². The predicted molar refractivity (Wildman–Crippen MR) is 54.0 cm³/mol. The molecule has 0 bridgehead atoms. The lowest BCUT2D eigenvalue weighted by molar-refractivity contribution is 0.0526. The van der Waals surface area contributed by atoms with Crippen LogP contribution < -0.4 is 0 Å². The molecular formula is C9H8ClN3O2. The SMILES string of the molecule is CCOC(=O)c1cc2nncn2cc1Cl. The highest BCUT2D eigenvalue weighted by Crippen LogP contribution is 2.18. The van der Waals surface area contributed by atoms with Crippen molar-refractivity contribution in [3.63, 3.8) is 0 Å². The monoisotopic (exact) mass is 225 g/mol. The molecule has 2 rings (SSSR count). The molecule has 0 N–H and O–H groups in total. The standard InChI is InChI=1S/C9H8ClN3O2/c1-2-15-9(14)6-3-8-12-11-5-13(8)4-7(6)10/h3-5H,2H2,1H3. The van der Waals surface area contributed by atoms with Gasteiger partial charge in [-0.1, -0.05) is 11.6 Å². The second kappa shape index (κ2) is 3.86. The van der Waals surface area contributed by atoms with Crippen molar-refractivity contribution in [2.24, 2.45) is 0 Å². The van der Waals surface area contributed by atoms with Gasteiger partial charge in [-0.15, -0.1) is 10.2 Å². The van der Waals surface area contributed by atoms with Crippen LogP contribution >= 0.6 is 11.6 Å². The number of hydrogen-bond acceptors (Lipinski definition) is 4. The Labute approximate surface area is 90.6 Å². The summed E-state index contributed by atoms with van der Waals surface area (Å²) >= 11 is 5.91. The van der Waals surface area contributed by atoms with E-state index < -0.39 is 5.97 Å². The van der Waals surface area contributed by atoms with Crippen molar-refractivity contribution in [2.45, 2.75) is 6.92 Å². The third-order valence-corrected chi connectivity index (χ3v) is 2.18. The van der Waals surface area contributed by atoms with Gasteiger partial charge in [0, 0.05) is 6.20 Å². The molecular weight excluding hydrogens is 218 g/mol. The Morgan fingerprint density at radius 2 is 2.47 bits per heavy atom. The summed E-state index contributed by atoms with van der Waals surface area (Å²) in [4.78, 5) is 11.5. The molecule has 6 heteroatoms. The Morgan fingerprint density at radius 3 is 3.20 bits per heavy atom. The first-order chi connectivity index (χ1) is 7.22. The van der Waals surface area contributed by atoms with E-state index in [2.05, 4.69) is 10.2 Å². The van der Waals surface area contributed by atoms with Gasteiger partial charge in [-0.2, -0.15) is 0 Å². The Bertz CT molecular complexity index is 509. The van der Waals surface area contributed by atoms with Crippen LogP contribution in [-0.4, -0.2) is 27.2 Å². The first-order valence-electron chi connectivity index (χ1n) is 4.38. The summed E-state index contributed by atoms with van der Waals surface area (Å²) in [5.74, 6) is -0.451. The van der Waals surface area contributed by atoms with Gasteiger partial charge in [0.15, 0.2) is 5.65 Å². The lowest BCUT2D eigenvalue weighted by Crippen LogP contribution is -2.06. The minimum absolute atomic E-state index is 0.305. The lowest BCUT2D eigenvalue weighted by Gasteiger charge is -2.03. The molecule has 0 saturated heterocycles. The van der Waals surface area contributed by atoms with Gasteiger partial charge < -0.3 is 4.74 Å². The van der Waals surface area contributed by atoms with E-state index in [1.165, 1.54) is 6.33 Å². The van der Waals surface area contributed by atoms with E-state index in [1.807, 2.05) is 0 Å². The third-order valence-electron chi connectivity index (χ3n) is 1.88. The molecule has 0 aliphatic rings. The second-order valence-electron chi connectivity index (χ2n) is 2.85. The number of halogens is 1. The number of ether oxygens (including phenoxy) is 1. The van der Waals surface area contributed by atoms with Crippen LogP contribution in [0, 0.1) is 0 Å². The molecule has 0 radical (unpaired) electrons. The molecule has 0 aliphatic carbocycles. The molecule has 0 amide bonds. The average Bonchev–Trinajstić information content (AvgIpc) is 2.63. The van der Waals surface area contributed by atoms with Crippen LogP contribution in [0.2, 0.25) is 5.02 Å². The Hall–Kier alpha value is -1.62. The molecule has 2 aromatic heterocycles. The number of fused-ring (bicyclic) bond motifs is 1. The maximum atomic E-state index is 11.5. The van der Waals surface area contributed by atoms with Crippen molar-refractivity contribution in [3.8, 4) is 0 Å². The number of aromatic nitrogens is 3. The van der Waals surface area contributed by atoms with E-state index in [0.717, 1.165) is 0 Å². The lowest BCUT2D eigenvalue weighted by atomic mass is 10.2. The number of rotatable bonds is 2. The van der Waals surface area contributed by atoms with Gasteiger partial charge in [0.1, 0.15) is 6.33 Å². The van der Waals surface area contributed by atoms with Gasteiger partial charge in [0.25, 0.3) is 0 Å². The Balaban J connectivity index is 2.50. The molecule has 0 saturated carbocycles. The van der Waals surface area contributed by atoms with Gasteiger partial charge in [-0.05, 0) is 13.0 Å². The van der Waals surface area contributed by atoms with Crippen LogP contribution in [0.4, 0.5) is 0 Å². The van der Waals surface area contributed by atoms with E-state index in [0.29, 0.717) is 22.8 Å². The third kappa shape index (κ3) is 1.78. The summed E-state index contributed by atoms with van der Waals surface area (Å²) in [6.45, 7) is 2.05. The molecule has 0 atom stereocenters. The number of carbonyl (C=O) groups excluding carboxylic acids is 1. The zero-order valence-corrected chi connectivity index (χ0v) is 8.73. The van der Waals surface area contributed by atoms with E-state index in [4.69, 9.17) is 16.3 Å². The fourth-order valence-corrected chi connectivity index (χ4v) is 1.45. The fraction of sp³-hybridized carbons (Fsp3) is 0.222. The summed E-state index contributed by atoms with van der Waals surface area (Å²) in [5, 5.41) is 7.82. The van der Waals surface area contributed by atoms with Gasteiger partial charge in [0.2, 0.25) is 0 Å². The van der Waals surface area contributed by atoms with Crippen LogP contribution in [-0.2, 0) is 4.74 Å². The number of nitrogens with zero attached hydrogens (tertiary/aromatic N) is 3. The molecule has 0 aliphatic heterocycles. The van der Waals surface area contributed by atoms with Gasteiger partial charge >= 0.3 is 5.97 Å². The molecule has 15 heavy (non-hydrogen) atoms. The first kappa shape index (κ1) is 9.92. The van der Waals surface area contributed by atoms with Crippen molar-refractivity contribution in [2.75, 3.05) is 6.61 Å². The maximum absolute atomic E-state index is 11.5. The zero-order chi connectivity index (χ0) is 10.8. The summed E-state index contributed by atoms with van der Waals surface area (Å²) in [7, 11) is 0. The maximum Gasteiger partial charge on any atom is 0.339 e. The van der Waals surface area contributed by atoms with Crippen LogP contribution in [0.25, 0.3) is 5.65 Å². The second-order valence-corrected chi connectivity index (χ2v) is 3.26. The van der Waals surface area contributed by atoms with E-state index in [1.54, 1.807) is 23.6 Å². The summed E-state index contributed by atoms with van der Waals surface area (Å²) in [6.07, 6.45) is 3.08. The minimum atomic E-state index is -0.451. The van der Waals surface area contributed by atoms with Crippen molar-refractivity contribution >= 4 is 23.2 Å².